The third-order valence-electron chi connectivity index (χ3n) is 6.66. The van der Waals surface area contributed by atoms with Gasteiger partial charge in [-0.25, -0.2) is 0 Å². The monoisotopic (exact) mass is 495 g/mol. The zero-order chi connectivity index (χ0) is 22.7. The molecular formula is C29H21NO2Se. The van der Waals surface area contributed by atoms with Crippen LogP contribution in [0.5, 0.6) is 0 Å². The molecule has 0 amide bonds. The number of anilines is 3. The number of Topliss-reactive ketones (excluding diaryl/α,β-unsaturated/α-hetero) is 2. The van der Waals surface area contributed by atoms with E-state index in [9.17, 15) is 9.59 Å². The normalized spacial score (nSPS) is 15.8. The maximum absolute atomic E-state index is 12.8. The van der Waals surface area contributed by atoms with E-state index in [4.69, 9.17) is 0 Å². The van der Waals surface area contributed by atoms with Crippen LogP contribution in [0.15, 0.2) is 90.5 Å². The number of carbonyl (C=O) groups excluding carboxylic acids is 2. The van der Waals surface area contributed by atoms with Gasteiger partial charge < -0.3 is 0 Å². The predicted molar refractivity (Wildman–Crippen MR) is 133 cm³/mol. The van der Waals surface area contributed by atoms with Crippen molar-refractivity contribution in [2.45, 2.75) is 19.3 Å². The Kier molecular flexibility index (Phi) is 4.45. The van der Waals surface area contributed by atoms with Crippen molar-refractivity contribution >= 4 is 48.1 Å². The van der Waals surface area contributed by atoms with Crippen molar-refractivity contribution in [1.29, 1.82) is 0 Å². The molecule has 0 atom stereocenters. The molecule has 2 aliphatic rings. The minimum atomic E-state index is -0.170. The number of hydrogen-bond donors (Lipinski definition) is 0. The molecular weight excluding hydrogens is 473 g/mol. The second-order valence-corrected chi connectivity index (χ2v) is 11.2. The van der Waals surface area contributed by atoms with Crippen molar-refractivity contribution in [2.24, 2.45) is 0 Å². The standard InChI is InChI=1S/C29H21NO2Se/c1-29(2)22-11-5-7-13-24(22)30(25-14-8-6-12-23(25)29)26-16-15-18(33-26)17-21-27(31)19-9-3-4-10-20(19)28(21)32/h3-17H,1-2H3. The number of fused-ring (bicyclic) bond motifs is 3. The second-order valence-electron chi connectivity index (χ2n) is 8.93. The fraction of sp³-hybridized carbons (Fsp3) is 0.103. The van der Waals surface area contributed by atoms with E-state index in [1.807, 2.05) is 0 Å². The van der Waals surface area contributed by atoms with Crippen LogP contribution in [0.3, 0.4) is 0 Å². The number of allylic oxidation sites excluding steroid dienone is 1. The first-order valence-corrected chi connectivity index (χ1v) is 12.7. The van der Waals surface area contributed by atoms with Gasteiger partial charge in [-0.15, -0.1) is 0 Å². The third-order valence-corrected chi connectivity index (χ3v) is 8.80. The summed E-state index contributed by atoms with van der Waals surface area (Å²) in [4.78, 5) is 28.0. The minimum absolute atomic E-state index is 0.0377. The number of rotatable bonds is 2. The van der Waals surface area contributed by atoms with Gasteiger partial charge in [-0.3, -0.25) is 0 Å². The van der Waals surface area contributed by atoms with Crippen molar-refractivity contribution in [3.05, 3.63) is 117 Å². The second kappa shape index (κ2) is 7.28. The van der Waals surface area contributed by atoms with Crippen LogP contribution in [-0.4, -0.2) is 26.1 Å². The Labute approximate surface area is 198 Å². The summed E-state index contributed by atoms with van der Waals surface area (Å²) in [5.41, 5.74) is 6.17. The van der Waals surface area contributed by atoms with Crippen molar-refractivity contribution in [3.8, 4) is 0 Å². The van der Waals surface area contributed by atoms with Crippen molar-refractivity contribution in [2.75, 3.05) is 4.90 Å². The molecule has 6 rings (SSSR count). The molecule has 4 heteroatoms. The van der Waals surface area contributed by atoms with Crippen LogP contribution in [0.4, 0.5) is 15.9 Å². The summed E-state index contributed by atoms with van der Waals surface area (Å²) in [6.45, 7) is 4.55. The molecule has 1 aromatic heterocycles. The average Bonchev–Trinajstić information content (AvgIpc) is 3.39. The van der Waals surface area contributed by atoms with Gasteiger partial charge >= 0.3 is 199 Å². The molecule has 0 spiro atoms. The van der Waals surface area contributed by atoms with Gasteiger partial charge in [-0.05, 0) is 0 Å². The molecule has 0 unspecified atom stereocenters. The van der Waals surface area contributed by atoms with Crippen LogP contribution in [0.25, 0.3) is 6.08 Å². The van der Waals surface area contributed by atoms with Gasteiger partial charge in [0.25, 0.3) is 0 Å². The zero-order valence-corrected chi connectivity index (χ0v) is 20.0. The Balaban J connectivity index is 1.45. The van der Waals surface area contributed by atoms with E-state index >= 15 is 0 Å². The molecule has 0 saturated carbocycles. The quantitative estimate of drug-likeness (QED) is 0.186. The Hall–Kier alpha value is -3.46. The molecule has 0 bridgehead atoms. The molecule has 1 aliphatic carbocycles. The van der Waals surface area contributed by atoms with E-state index in [0.717, 1.165) is 4.44 Å². The van der Waals surface area contributed by atoms with E-state index in [0.29, 0.717) is 11.1 Å². The molecule has 4 aromatic rings. The fourth-order valence-corrected chi connectivity index (χ4v) is 7.05. The number of hydrogen-bond acceptors (Lipinski definition) is 3. The summed E-state index contributed by atoms with van der Waals surface area (Å²) in [6, 6.07) is 28.4. The number of ketones is 2. The first kappa shape index (κ1) is 20.2. The predicted octanol–water partition coefficient (Wildman–Crippen LogP) is 6.32. The van der Waals surface area contributed by atoms with Crippen LogP contribution < -0.4 is 4.90 Å². The SMILES string of the molecule is CC1(C)c2ccccc2N(c2ccc(C=C3C(=O)c4ccccc4C3=O)[se]2)c2ccccc21. The van der Waals surface area contributed by atoms with Crippen LogP contribution in [0, 0.1) is 0 Å². The Morgan fingerprint density at radius 1 is 0.697 bits per heavy atom. The van der Waals surface area contributed by atoms with Crippen LogP contribution in [0.1, 0.15) is 50.1 Å². The molecule has 0 radical (unpaired) electrons. The molecule has 0 N–H and O–H groups in total. The average molecular weight is 494 g/mol. The zero-order valence-electron chi connectivity index (χ0n) is 18.3. The summed E-state index contributed by atoms with van der Waals surface area (Å²) in [5.74, 6) is -0.340. The molecule has 3 aromatic carbocycles. The fourth-order valence-electron chi connectivity index (χ4n) is 4.99. The van der Waals surface area contributed by atoms with Crippen LogP contribution >= 0.6 is 0 Å². The first-order chi connectivity index (χ1) is 16.0. The van der Waals surface area contributed by atoms with Gasteiger partial charge in [0.1, 0.15) is 0 Å². The van der Waals surface area contributed by atoms with Gasteiger partial charge in [-0.2, -0.15) is 0 Å². The summed E-state index contributed by atoms with van der Waals surface area (Å²) >= 11 is -0.0377. The van der Waals surface area contributed by atoms with Gasteiger partial charge in [0.15, 0.2) is 0 Å². The van der Waals surface area contributed by atoms with Gasteiger partial charge in [0, 0.05) is 0 Å². The summed E-state index contributed by atoms with van der Waals surface area (Å²) in [7, 11) is 0. The molecule has 0 fully saturated rings. The van der Waals surface area contributed by atoms with Crippen molar-refractivity contribution in [3.63, 3.8) is 0 Å². The van der Waals surface area contributed by atoms with Crippen LogP contribution in [-0.2, 0) is 5.41 Å². The molecule has 33 heavy (non-hydrogen) atoms. The Bertz CT molecular complexity index is 1400. The Morgan fingerprint density at radius 2 is 1.21 bits per heavy atom. The van der Waals surface area contributed by atoms with E-state index < -0.39 is 0 Å². The van der Waals surface area contributed by atoms with Gasteiger partial charge in [0.05, 0.1) is 0 Å². The first-order valence-electron chi connectivity index (χ1n) is 11.0. The van der Waals surface area contributed by atoms with Gasteiger partial charge in [-0.1, -0.05) is 0 Å². The van der Waals surface area contributed by atoms with E-state index in [2.05, 4.69) is 79.4 Å². The molecule has 1 aliphatic heterocycles. The van der Waals surface area contributed by atoms with Crippen LogP contribution in [0.2, 0.25) is 0 Å². The molecule has 3 nitrogen and oxygen atoms in total. The van der Waals surface area contributed by atoms with E-state index in [1.54, 1.807) is 30.3 Å². The number of carbonyl (C=O) groups is 2. The Morgan fingerprint density at radius 3 is 1.79 bits per heavy atom. The summed E-state index contributed by atoms with van der Waals surface area (Å²) < 4.78 is 2.22. The number of nitrogens with zero attached hydrogens (tertiary/aromatic N) is 1. The van der Waals surface area contributed by atoms with Crippen molar-refractivity contribution < 1.29 is 9.59 Å². The topological polar surface area (TPSA) is 37.4 Å². The molecule has 0 saturated heterocycles. The van der Waals surface area contributed by atoms with Gasteiger partial charge in [0.2, 0.25) is 0 Å². The summed E-state index contributed by atoms with van der Waals surface area (Å²) in [5, 5.41) is 0. The van der Waals surface area contributed by atoms with E-state index in [1.165, 1.54) is 27.1 Å². The third kappa shape index (κ3) is 2.95. The number of benzene rings is 3. The van der Waals surface area contributed by atoms with E-state index in [-0.39, 0.29) is 37.1 Å². The molecule has 160 valence electrons. The van der Waals surface area contributed by atoms with Crippen molar-refractivity contribution in [1.82, 2.24) is 0 Å². The maximum atomic E-state index is 12.8. The summed E-state index contributed by atoms with van der Waals surface area (Å²) in [6.07, 6.45) is 1.81. The molecule has 2 heterocycles. The number of para-hydroxylation sites is 2.